The Kier molecular flexibility index (Phi) is 5.05. The van der Waals surface area contributed by atoms with Crippen LogP contribution in [0.1, 0.15) is 18.4 Å². The molecular weight excluding hydrogens is 270 g/mol. The summed E-state index contributed by atoms with van der Waals surface area (Å²) in [5, 5.41) is 5.68. The van der Waals surface area contributed by atoms with E-state index in [2.05, 4.69) is 10.6 Å². The number of rotatable bonds is 5. The molecule has 2 rings (SSSR count). The molecule has 21 heavy (non-hydrogen) atoms. The van der Waals surface area contributed by atoms with Crippen molar-refractivity contribution in [2.45, 2.75) is 25.4 Å². The maximum absolute atomic E-state index is 11.8. The lowest BCUT2D eigenvalue weighted by molar-refractivity contribution is -0.148. The van der Waals surface area contributed by atoms with Crippen LogP contribution in [0.2, 0.25) is 0 Å². The highest BCUT2D eigenvalue weighted by Gasteiger charge is 2.31. The van der Waals surface area contributed by atoms with Gasteiger partial charge in [-0.05, 0) is 12.0 Å². The SMILES string of the molecule is CN1C(=O)CCC(NCC(=O)NCc2ccccc2)C1=O. The van der Waals surface area contributed by atoms with Gasteiger partial charge in [-0.2, -0.15) is 0 Å². The molecule has 0 saturated carbocycles. The van der Waals surface area contributed by atoms with Gasteiger partial charge in [0.1, 0.15) is 0 Å². The molecule has 1 saturated heterocycles. The van der Waals surface area contributed by atoms with Crippen LogP contribution >= 0.6 is 0 Å². The molecule has 3 amide bonds. The topological polar surface area (TPSA) is 78.5 Å². The number of hydrogen-bond donors (Lipinski definition) is 2. The fourth-order valence-corrected chi connectivity index (χ4v) is 2.18. The standard InChI is InChI=1S/C15H19N3O3/c1-18-14(20)8-7-12(15(18)21)16-10-13(19)17-9-11-5-3-2-4-6-11/h2-6,12,16H,7-10H2,1H3,(H,17,19). The van der Waals surface area contributed by atoms with E-state index in [1.165, 1.54) is 7.05 Å². The molecule has 0 bridgehead atoms. The Morgan fingerprint density at radius 2 is 2.00 bits per heavy atom. The van der Waals surface area contributed by atoms with Gasteiger partial charge in [0.05, 0.1) is 12.6 Å². The minimum Gasteiger partial charge on any atom is -0.351 e. The van der Waals surface area contributed by atoms with Gasteiger partial charge >= 0.3 is 0 Å². The van der Waals surface area contributed by atoms with Crippen LogP contribution in [0, 0.1) is 0 Å². The van der Waals surface area contributed by atoms with Gasteiger partial charge in [-0.15, -0.1) is 0 Å². The minimum atomic E-state index is -0.463. The van der Waals surface area contributed by atoms with Gasteiger partial charge in [0.25, 0.3) is 0 Å². The number of amides is 3. The first-order valence-electron chi connectivity index (χ1n) is 6.92. The van der Waals surface area contributed by atoms with Gasteiger partial charge in [0, 0.05) is 20.0 Å². The molecular formula is C15H19N3O3. The van der Waals surface area contributed by atoms with Crippen molar-refractivity contribution in [1.82, 2.24) is 15.5 Å². The van der Waals surface area contributed by atoms with Crippen molar-refractivity contribution in [3.63, 3.8) is 0 Å². The molecule has 6 nitrogen and oxygen atoms in total. The molecule has 2 N–H and O–H groups in total. The molecule has 1 aromatic rings. The molecule has 6 heteroatoms. The lowest BCUT2D eigenvalue weighted by atomic mass is 10.0. The average Bonchev–Trinajstić information content (AvgIpc) is 2.51. The summed E-state index contributed by atoms with van der Waals surface area (Å²) in [7, 11) is 1.47. The largest absolute Gasteiger partial charge is 0.351 e. The third kappa shape index (κ3) is 4.13. The molecule has 1 fully saturated rings. The van der Waals surface area contributed by atoms with Crippen LogP contribution in [0.4, 0.5) is 0 Å². The van der Waals surface area contributed by atoms with Crippen molar-refractivity contribution in [3.8, 4) is 0 Å². The third-order valence-electron chi connectivity index (χ3n) is 3.49. The lowest BCUT2D eigenvalue weighted by Crippen LogP contribution is -2.53. The number of nitrogens with one attached hydrogen (secondary N) is 2. The molecule has 0 aromatic heterocycles. The molecule has 112 valence electrons. The number of nitrogens with zero attached hydrogens (tertiary/aromatic N) is 1. The van der Waals surface area contributed by atoms with E-state index >= 15 is 0 Å². The van der Waals surface area contributed by atoms with Crippen LogP contribution in [-0.2, 0) is 20.9 Å². The number of carbonyl (C=O) groups is 3. The van der Waals surface area contributed by atoms with Crippen LogP contribution < -0.4 is 10.6 Å². The number of likely N-dealkylation sites (N-methyl/N-ethyl adjacent to an activating group) is 1. The van der Waals surface area contributed by atoms with Crippen LogP contribution in [0.3, 0.4) is 0 Å². The minimum absolute atomic E-state index is 0.0608. The van der Waals surface area contributed by atoms with Crippen molar-refractivity contribution in [2.75, 3.05) is 13.6 Å². The Balaban J connectivity index is 1.74. The normalized spacial score (nSPS) is 18.7. The van der Waals surface area contributed by atoms with Crippen LogP contribution in [-0.4, -0.2) is 42.3 Å². The van der Waals surface area contributed by atoms with E-state index in [4.69, 9.17) is 0 Å². The average molecular weight is 289 g/mol. The predicted molar refractivity (Wildman–Crippen MR) is 77.1 cm³/mol. The zero-order valence-corrected chi connectivity index (χ0v) is 12.0. The van der Waals surface area contributed by atoms with Gasteiger partial charge < -0.3 is 5.32 Å². The lowest BCUT2D eigenvalue weighted by Gasteiger charge is -2.28. The smallest absolute Gasteiger partial charge is 0.246 e. The first-order chi connectivity index (χ1) is 10.1. The second kappa shape index (κ2) is 6.99. The van der Waals surface area contributed by atoms with E-state index in [1.807, 2.05) is 30.3 Å². The number of carbonyl (C=O) groups excluding carboxylic acids is 3. The van der Waals surface area contributed by atoms with Crippen molar-refractivity contribution in [1.29, 1.82) is 0 Å². The molecule has 1 atom stereocenters. The predicted octanol–water partition coefficient (Wildman–Crippen LogP) is 0.0398. The summed E-state index contributed by atoms with van der Waals surface area (Å²) in [6.07, 6.45) is 0.763. The molecule has 1 aliphatic rings. The molecule has 1 aliphatic heterocycles. The Hall–Kier alpha value is -2.21. The highest BCUT2D eigenvalue weighted by Crippen LogP contribution is 2.10. The van der Waals surface area contributed by atoms with E-state index in [0.29, 0.717) is 19.4 Å². The van der Waals surface area contributed by atoms with Gasteiger partial charge in [0.2, 0.25) is 17.7 Å². The summed E-state index contributed by atoms with van der Waals surface area (Å²) in [6, 6.07) is 9.13. The molecule has 0 radical (unpaired) electrons. The fourth-order valence-electron chi connectivity index (χ4n) is 2.18. The summed E-state index contributed by atoms with van der Waals surface area (Å²) in [5.41, 5.74) is 1.02. The third-order valence-corrected chi connectivity index (χ3v) is 3.49. The van der Waals surface area contributed by atoms with E-state index in [0.717, 1.165) is 10.5 Å². The molecule has 0 spiro atoms. The van der Waals surface area contributed by atoms with Crippen molar-refractivity contribution in [3.05, 3.63) is 35.9 Å². The zero-order valence-electron chi connectivity index (χ0n) is 12.0. The molecule has 1 aromatic carbocycles. The first kappa shape index (κ1) is 15.2. The quantitative estimate of drug-likeness (QED) is 0.750. The van der Waals surface area contributed by atoms with Crippen molar-refractivity contribution < 1.29 is 14.4 Å². The van der Waals surface area contributed by atoms with E-state index in [9.17, 15) is 14.4 Å². The van der Waals surface area contributed by atoms with Crippen molar-refractivity contribution in [2.24, 2.45) is 0 Å². The van der Waals surface area contributed by atoms with Gasteiger partial charge in [-0.1, -0.05) is 30.3 Å². The summed E-state index contributed by atoms with van der Waals surface area (Å²) in [6.45, 7) is 0.517. The van der Waals surface area contributed by atoms with Crippen LogP contribution in [0.25, 0.3) is 0 Å². The maximum atomic E-state index is 11.8. The Labute approximate surface area is 123 Å². The first-order valence-corrected chi connectivity index (χ1v) is 6.92. The van der Waals surface area contributed by atoms with Crippen molar-refractivity contribution >= 4 is 17.7 Å². The maximum Gasteiger partial charge on any atom is 0.246 e. The molecule has 1 heterocycles. The molecule has 0 aliphatic carbocycles. The fraction of sp³-hybridized carbons (Fsp3) is 0.400. The molecule has 1 unspecified atom stereocenters. The van der Waals surface area contributed by atoms with Crippen LogP contribution in [0.5, 0.6) is 0 Å². The zero-order chi connectivity index (χ0) is 15.2. The Morgan fingerprint density at radius 1 is 1.29 bits per heavy atom. The monoisotopic (exact) mass is 289 g/mol. The van der Waals surface area contributed by atoms with Gasteiger partial charge in [-0.3, -0.25) is 24.6 Å². The second-order valence-electron chi connectivity index (χ2n) is 5.03. The number of hydrogen-bond acceptors (Lipinski definition) is 4. The van der Waals surface area contributed by atoms with Gasteiger partial charge in [0.15, 0.2) is 0 Å². The Morgan fingerprint density at radius 3 is 2.71 bits per heavy atom. The number of imide groups is 1. The Bertz CT molecular complexity index is 530. The number of likely N-dealkylation sites (tertiary alicyclic amines) is 1. The number of benzene rings is 1. The van der Waals surface area contributed by atoms with E-state index in [1.54, 1.807) is 0 Å². The van der Waals surface area contributed by atoms with Gasteiger partial charge in [-0.25, -0.2) is 0 Å². The summed E-state index contributed by atoms with van der Waals surface area (Å²) in [4.78, 5) is 36.0. The van der Waals surface area contributed by atoms with Crippen LogP contribution in [0.15, 0.2) is 30.3 Å². The summed E-state index contributed by atoms with van der Waals surface area (Å²) >= 11 is 0. The summed E-state index contributed by atoms with van der Waals surface area (Å²) in [5.74, 6) is -0.625. The number of piperidine rings is 1. The summed E-state index contributed by atoms with van der Waals surface area (Å²) < 4.78 is 0. The second-order valence-corrected chi connectivity index (χ2v) is 5.03. The highest BCUT2D eigenvalue weighted by molar-refractivity contribution is 6.00. The highest BCUT2D eigenvalue weighted by atomic mass is 16.2. The van der Waals surface area contributed by atoms with E-state index in [-0.39, 0.29) is 24.3 Å². The van der Waals surface area contributed by atoms with E-state index < -0.39 is 6.04 Å².